The second-order valence-corrected chi connectivity index (χ2v) is 25.3. The van der Waals surface area contributed by atoms with Crippen molar-refractivity contribution in [3.63, 3.8) is 0 Å². The quantitative estimate of drug-likeness (QED) is 0.0199. The zero-order valence-corrected chi connectivity index (χ0v) is 55.8. The highest BCUT2D eigenvalue weighted by Gasteiger charge is 2.53. The average molecular weight is 1290 g/mol. The zero-order valence-electron chi connectivity index (χ0n) is 55.8. The Hall–Kier alpha value is -2.77. The van der Waals surface area contributed by atoms with Gasteiger partial charge in [0.25, 0.3) is 0 Å². The summed E-state index contributed by atoms with van der Waals surface area (Å²) in [7, 11) is 0. The lowest BCUT2D eigenvalue weighted by Gasteiger charge is -2.48. The topological polar surface area (TPSA) is 307 Å². The molecule has 0 aromatic carbocycles. The number of aliphatic hydroxyl groups excluding tert-OH is 11. The van der Waals surface area contributed by atoms with E-state index in [-0.39, 0.29) is 18.9 Å². The van der Waals surface area contributed by atoms with Crippen LogP contribution in [0.1, 0.15) is 245 Å². The Labute approximate surface area is 547 Å². The van der Waals surface area contributed by atoms with E-state index in [1.807, 2.05) is 6.08 Å². The Bertz CT molecular complexity index is 1930. The van der Waals surface area contributed by atoms with Crippen molar-refractivity contribution < 1.29 is 89.4 Å². The summed E-state index contributed by atoms with van der Waals surface area (Å²) >= 11 is 0. The zero-order chi connectivity index (χ0) is 66.1. The summed E-state index contributed by atoms with van der Waals surface area (Å²) in [5.74, 6) is -0.295. The Balaban J connectivity index is 1.44. The van der Waals surface area contributed by atoms with Gasteiger partial charge in [-0.1, -0.05) is 247 Å². The minimum absolute atomic E-state index is 0.218. The van der Waals surface area contributed by atoms with Crippen molar-refractivity contribution in [1.29, 1.82) is 0 Å². The number of nitrogens with one attached hydrogen (secondary N) is 1. The molecule has 0 spiro atoms. The van der Waals surface area contributed by atoms with Gasteiger partial charge in [0.05, 0.1) is 38.6 Å². The van der Waals surface area contributed by atoms with Crippen molar-refractivity contribution >= 4 is 5.91 Å². The number of aliphatic hydroxyl groups is 11. The van der Waals surface area contributed by atoms with Crippen molar-refractivity contribution in [2.75, 3.05) is 26.4 Å². The molecule has 19 heteroatoms. The molecule has 17 atom stereocenters. The first kappa shape index (κ1) is 82.5. The van der Waals surface area contributed by atoms with Crippen LogP contribution >= 0.6 is 0 Å². The van der Waals surface area contributed by atoms with Gasteiger partial charge in [-0.25, -0.2) is 0 Å². The fraction of sp³-hybridized carbons (Fsp3) is 0.819. The number of allylic oxidation sites excluding steroid dienone is 11. The molecule has 528 valence electrons. The van der Waals surface area contributed by atoms with Gasteiger partial charge in [-0.2, -0.15) is 0 Å². The first-order valence-corrected chi connectivity index (χ1v) is 35.7. The van der Waals surface area contributed by atoms with Crippen LogP contribution in [0, 0.1) is 0 Å². The normalized spacial score (nSPS) is 28.3. The highest BCUT2D eigenvalue weighted by molar-refractivity contribution is 5.76. The summed E-state index contributed by atoms with van der Waals surface area (Å²) in [6.45, 7) is 1.62. The van der Waals surface area contributed by atoms with E-state index < -0.39 is 124 Å². The van der Waals surface area contributed by atoms with Gasteiger partial charge in [-0.05, 0) is 64.2 Å². The van der Waals surface area contributed by atoms with Crippen molar-refractivity contribution in [2.24, 2.45) is 0 Å². The number of hydrogen-bond acceptors (Lipinski definition) is 18. The van der Waals surface area contributed by atoms with Gasteiger partial charge in [-0.3, -0.25) is 4.79 Å². The van der Waals surface area contributed by atoms with Crippen LogP contribution in [0.15, 0.2) is 72.9 Å². The third-order valence-electron chi connectivity index (χ3n) is 17.5. The van der Waals surface area contributed by atoms with Crippen LogP contribution < -0.4 is 5.32 Å². The van der Waals surface area contributed by atoms with Crippen LogP contribution in [0.2, 0.25) is 0 Å². The van der Waals surface area contributed by atoms with Gasteiger partial charge < -0.3 is 89.9 Å². The van der Waals surface area contributed by atoms with Crippen LogP contribution in [0.3, 0.4) is 0 Å². The molecule has 17 unspecified atom stereocenters. The molecular weight excluding hydrogens is 1170 g/mol. The maximum absolute atomic E-state index is 13.4. The molecule has 0 radical (unpaired) electrons. The van der Waals surface area contributed by atoms with Crippen LogP contribution in [0.4, 0.5) is 0 Å². The lowest BCUT2D eigenvalue weighted by Crippen LogP contribution is -2.66. The number of amides is 1. The van der Waals surface area contributed by atoms with Crippen LogP contribution in [-0.4, -0.2) is 193 Å². The van der Waals surface area contributed by atoms with E-state index in [0.29, 0.717) is 6.42 Å². The molecular formula is C72H127NO18. The number of rotatable bonds is 54. The van der Waals surface area contributed by atoms with E-state index in [1.54, 1.807) is 6.08 Å². The molecule has 3 aliphatic rings. The molecule has 3 rings (SSSR count). The summed E-state index contributed by atoms with van der Waals surface area (Å²) in [6.07, 6.45) is 40.1. The average Bonchev–Trinajstić information content (AvgIpc) is 0.883. The molecule has 19 nitrogen and oxygen atoms in total. The molecule has 3 aliphatic heterocycles. The van der Waals surface area contributed by atoms with Gasteiger partial charge in [0.2, 0.25) is 5.91 Å². The molecule has 12 N–H and O–H groups in total. The maximum atomic E-state index is 13.4. The largest absolute Gasteiger partial charge is 0.394 e. The Morgan fingerprint density at radius 1 is 0.407 bits per heavy atom. The molecule has 1 amide bonds. The second-order valence-electron chi connectivity index (χ2n) is 25.3. The minimum Gasteiger partial charge on any atom is -0.394 e. The Morgan fingerprint density at radius 2 is 0.758 bits per heavy atom. The van der Waals surface area contributed by atoms with Crippen LogP contribution in [0.25, 0.3) is 0 Å². The third-order valence-corrected chi connectivity index (χ3v) is 17.5. The summed E-state index contributed by atoms with van der Waals surface area (Å²) in [6, 6.07) is -0.989. The van der Waals surface area contributed by atoms with Gasteiger partial charge in [0.15, 0.2) is 18.9 Å². The Kier molecular flexibility index (Phi) is 48.4. The van der Waals surface area contributed by atoms with Gasteiger partial charge >= 0.3 is 0 Å². The number of carbonyl (C=O) groups excluding carboxylic acids is 1. The smallest absolute Gasteiger partial charge is 0.220 e. The highest BCUT2D eigenvalue weighted by Crippen LogP contribution is 2.33. The molecule has 3 heterocycles. The lowest BCUT2D eigenvalue weighted by molar-refractivity contribution is -0.379. The summed E-state index contributed by atoms with van der Waals surface area (Å²) in [5, 5.41) is 121. The number of carbonyl (C=O) groups is 1. The first-order valence-electron chi connectivity index (χ1n) is 35.7. The van der Waals surface area contributed by atoms with E-state index in [2.05, 4.69) is 79.9 Å². The molecule has 0 saturated carbocycles. The SMILES string of the molecule is CC/C=C\C/C=C\C/C=C\C/C=C\C/C=C\CCCCCCCC(=O)NC(COC1OC(CO)C(OC2OC(CO)C(OC3OC(CO)C(O)C(O)C3O)C(O)C2O)C(O)C1O)C(O)/C=C/CCCCCCCCCCCCCCCCCCCCCCCCC. The fourth-order valence-corrected chi connectivity index (χ4v) is 11.7. The van der Waals surface area contributed by atoms with E-state index >= 15 is 0 Å². The molecule has 0 aliphatic carbocycles. The van der Waals surface area contributed by atoms with Crippen molar-refractivity contribution in [3.05, 3.63) is 72.9 Å². The second kappa shape index (κ2) is 53.4. The monoisotopic (exact) mass is 1290 g/mol. The van der Waals surface area contributed by atoms with Gasteiger partial charge in [0.1, 0.15) is 73.2 Å². The number of ether oxygens (including phenoxy) is 6. The van der Waals surface area contributed by atoms with E-state index in [0.717, 1.165) is 89.9 Å². The van der Waals surface area contributed by atoms with E-state index in [4.69, 9.17) is 28.4 Å². The number of hydrogen-bond donors (Lipinski definition) is 12. The minimum atomic E-state index is -1.98. The predicted molar refractivity (Wildman–Crippen MR) is 355 cm³/mol. The van der Waals surface area contributed by atoms with E-state index in [1.165, 1.54) is 128 Å². The summed E-state index contributed by atoms with van der Waals surface area (Å²) in [5.41, 5.74) is 0. The van der Waals surface area contributed by atoms with Crippen LogP contribution in [-0.2, 0) is 33.2 Å². The summed E-state index contributed by atoms with van der Waals surface area (Å²) < 4.78 is 34.4. The van der Waals surface area contributed by atoms with Gasteiger partial charge in [-0.15, -0.1) is 0 Å². The molecule has 0 aromatic rings. The molecule has 0 bridgehead atoms. The van der Waals surface area contributed by atoms with Crippen molar-refractivity contribution in [3.8, 4) is 0 Å². The van der Waals surface area contributed by atoms with Crippen molar-refractivity contribution in [2.45, 2.75) is 349 Å². The molecule has 3 fully saturated rings. The predicted octanol–water partition coefficient (Wildman–Crippen LogP) is 9.72. The Morgan fingerprint density at radius 3 is 1.19 bits per heavy atom. The standard InChI is InChI=1S/C72H127NO18/c1-3-5-7-9-11-13-15-17-19-21-23-25-26-27-28-30-31-33-35-37-39-41-43-45-47-49-56(77)55(73-60(78)50-48-46-44-42-40-38-36-34-32-29-24-22-20-18-16-14-12-10-8-6-4-2)54-86-70-66(84)63(81)68(58(52-75)88-70)91-72-67(85)64(82)69(59(53-76)89-72)90-71-65(83)62(80)61(79)57(51-74)87-71/h6,8,12,14,18,20,24,29,34,36,47,49,55-59,61-72,74-77,79-85H,3-5,7,9-11,13,15-17,19,21-23,25-28,30-33,35,37-46,48,50-54H2,1-2H3,(H,73,78)/b8-6-,14-12-,20-18-,29-24-,36-34-,49-47+. The van der Waals surface area contributed by atoms with Crippen molar-refractivity contribution in [1.82, 2.24) is 5.32 Å². The molecule has 3 saturated heterocycles. The summed E-state index contributed by atoms with van der Waals surface area (Å²) in [4.78, 5) is 13.4. The first-order chi connectivity index (χ1) is 44.3. The number of unbranched alkanes of at least 4 members (excludes halogenated alkanes) is 28. The lowest BCUT2D eigenvalue weighted by atomic mass is 9.96. The highest BCUT2D eigenvalue weighted by atomic mass is 16.8. The van der Waals surface area contributed by atoms with Crippen LogP contribution in [0.5, 0.6) is 0 Å². The maximum Gasteiger partial charge on any atom is 0.220 e. The van der Waals surface area contributed by atoms with E-state index in [9.17, 15) is 61.0 Å². The molecule has 91 heavy (non-hydrogen) atoms. The third kappa shape index (κ3) is 35.2. The van der Waals surface area contributed by atoms with Gasteiger partial charge in [0, 0.05) is 6.42 Å². The molecule has 0 aromatic heterocycles. The fourth-order valence-electron chi connectivity index (χ4n) is 11.7.